The van der Waals surface area contributed by atoms with E-state index in [1.165, 1.54) is 0 Å². The molecule has 0 saturated heterocycles. The van der Waals surface area contributed by atoms with Crippen molar-refractivity contribution in [3.05, 3.63) is 52.5 Å². The molecule has 106 valence electrons. The number of amides is 1. The molecular weight excluding hydrogens is 254 g/mol. The zero-order chi connectivity index (χ0) is 14.9. The van der Waals surface area contributed by atoms with Crippen molar-refractivity contribution >= 4 is 5.91 Å². The summed E-state index contributed by atoms with van der Waals surface area (Å²) in [6.07, 6.45) is 0. The highest BCUT2D eigenvalue weighted by Crippen LogP contribution is 2.24. The number of benzene rings is 1. The van der Waals surface area contributed by atoms with Gasteiger partial charge in [0.05, 0.1) is 11.6 Å². The molecule has 0 aliphatic heterocycles. The number of hydrogen-bond donors (Lipinski definition) is 2. The Bertz CT molecular complexity index is 643. The molecule has 2 N–H and O–H groups in total. The lowest BCUT2D eigenvalue weighted by Gasteiger charge is -2.14. The predicted molar refractivity (Wildman–Crippen MR) is 76.9 cm³/mol. The Balaban J connectivity index is 2.19. The predicted octanol–water partition coefficient (Wildman–Crippen LogP) is 3.40. The maximum Gasteiger partial charge on any atom is 0.255 e. The number of hydrogen-bond acceptors (Lipinski definition) is 3. The highest BCUT2D eigenvalue weighted by atomic mass is 16.3. The number of phenolic OH excluding ortho intramolecular Hbond substituents is 1. The van der Waals surface area contributed by atoms with E-state index in [0.29, 0.717) is 5.56 Å². The highest BCUT2D eigenvalue weighted by molar-refractivity contribution is 5.97. The first-order valence-electron chi connectivity index (χ1n) is 6.56. The van der Waals surface area contributed by atoms with Gasteiger partial charge in [0.2, 0.25) is 0 Å². The zero-order valence-electron chi connectivity index (χ0n) is 12.2. The summed E-state index contributed by atoms with van der Waals surface area (Å²) in [5, 5.41) is 12.8. The van der Waals surface area contributed by atoms with Crippen molar-refractivity contribution in [2.45, 2.75) is 33.7 Å². The number of para-hydroxylation sites is 1. The molecule has 2 rings (SSSR count). The van der Waals surface area contributed by atoms with Crippen LogP contribution in [0.1, 0.15) is 46.0 Å². The molecule has 0 bridgehead atoms. The lowest BCUT2D eigenvalue weighted by molar-refractivity contribution is 0.0937. The van der Waals surface area contributed by atoms with Gasteiger partial charge in [-0.25, -0.2) is 0 Å². The SMILES string of the molecule is Cc1cc(C(C)NC(=O)c2cccc(C)c2O)c(C)o1. The second-order valence-corrected chi connectivity index (χ2v) is 5.03. The summed E-state index contributed by atoms with van der Waals surface area (Å²) >= 11 is 0. The summed E-state index contributed by atoms with van der Waals surface area (Å²) < 4.78 is 5.47. The van der Waals surface area contributed by atoms with Crippen LogP contribution in [0.15, 0.2) is 28.7 Å². The van der Waals surface area contributed by atoms with E-state index in [1.54, 1.807) is 25.1 Å². The molecule has 1 aromatic carbocycles. The lowest BCUT2D eigenvalue weighted by atomic mass is 10.1. The van der Waals surface area contributed by atoms with Gasteiger partial charge in [-0.2, -0.15) is 0 Å². The Morgan fingerprint density at radius 3 is 2.60 bits per heavy atom. The minimum atomic E-state index is -0.294. The van der Waals surface area contributed by atoms with E-state index in [-0.39, 0.29) is 23.3 Å². The first-order valence-corrected chi connectivity index (χ1v) is 6.56. The van der Waals surface area contributed by atoms with Gasteiger partial charge in [0, 0.05) is 5.56 Å². The van der Waals surface area contributed by atoms with Crippen molar-refractivity contribution in [1.29, 1.82) is 0 Å². The van der Waals surface area contributed by atoms with E-state index >= 15 is 0 Å². The molecule has 1 unspecified atom stereocenters. The summed E-state index contributed by atoms with van der Waals surface area (Å²) in [4.78, 5) is 12.2. The van der Waals surface area contributed by atoms with Crippen LogP contribution in [0, 0.1) is 20.8 Å². The van der Waals surface area contributed by atoms with Crippen LogP contribution in [0.3, 0.4) is 0 Å². The first kappa shape index (κ1) is 14.2. The van der Waals surface area contributed by atoms with Crippen molar-refractivity contribution in [3.63, 3.8) is 0 Å². The first-order chi connectivity index (χ1) is 9.40. The average Bonchev–Trinajstić information content (AvgIpc) is 2.71. The molecule has 4 nitrogen and oxygen atoms in total. The van der Waals surface area contributed by atoms with Crippen molar-refractivity contribution in [2.24, 2.45) is 0 Å². The molecule has 20 heavy (non-hydrogen) atoms. The van der Waals surface area contributed by atoms with Crippen molar-refractivity contribution < 1.29 is 14.3 Å². The standard InChI is InChI=1S/C16H19NO3/c1-9-6-5-7-13(15(9)18)16(19)17-11(3)14-8-10(2)20-12(14)4/h5-8,11,18H,1-4H3,(H,17,19). The van der Waals surface area contributed by atoms with Gasteiger partial charge in [0.1, 0.15) is 17.3 Å². The quantitative estimate of drug-likeness (QED) is 0.901. The molecule has 4 heteroatoms. The van der Waals surface area contributed by atoms with Crippen molar-refractivity contribution in [3.8, 4) is 5.75 Å². The summed E-state index contributed by atoms with van der Waals surface area (Å²) in [7, 11) is 0. The fourth-order valence-corrected chi connectivity index (χ4v) is 2.27. The van der Waals surface area contributed by atoms with Crippen LogP contribution in [-0.2, 0) is 0 Å². The smallest absolute Gasteiger partial charge is 0.255 e. The molecule has 1 aromatic heterocycles. The molecule has 0 radical (unpaired) electrons. The molecule has 0 aliphatic carbocycles. The number of aryl methyl sites for hydroxylation is 3. The fraction of sp³-hybridized carbons (Fsp3) is 0.312. The largest absolute Gasteiger partial charge is 0.507 e. The third-order valence-electron chi connectivity index (χ3n) is 3.38. The number of carbonyl (C=O) groups is 1. The van der Waals surface area contributed by atoms with Crippen LogP contribution in [0.2, 0.25) is 0 Å². The Morgan fingerprint density at radius 2 is 2.00 bits per heavy atom. The Labute approximate surface area is 118 Å². The van der Waals surface area contributed by atoms with Crippen LogP contribution in [0.4, 0.5) is 0 Å². The number of phenols is 1. The lowest BCUT2D eigenvalue weighted by Crippen LogP contribution is -2.26. The van der Waals surface area contributed by atoms with Crippen LogP contribution in [0.5, 0.6) is 5.75 Å². The van der Waals surface area contributed by atoms with Gasteiger partial charge in [0.25, 0.3) is 5.91 Å². The monoisotopic (exact) mass is 273 g/mol. The minimum absolute atomic E-state index is 0.0253. The molecule has 1 atom stereocenters. The summed E-state index contributed by atoms with van der Waals surface area (Å²) in [5.74, 6) is 1.34. The Hall–Kier alpha value is -2.23. The van der Waals surface area contributed by atoms with Gasteiger partial charge in [-0.1, -0.05) is 12.1 Å². The van der Waals surface area contributed by atoms with E-state index < -0.39 is 0 Å². The van der Waals surface area contributed by atoms with Crippen LogP contribution in [-0.4, -0.2) is 11.0 Å². The molecule has 2 aromatic rings. The fourth-order valence-electron chi connectivity index (χ4n) is 2.27. The second-order valence-electron chi connectivity index (χ2n) is 5.03. The molecular formula is C16H19NO3. The van der Waals surface area contributed by atoms with Crippen LogP contribution >= 0.6 is 0 Å². The molecule has 0 aliphatic rings. The molecule has 1 heterocycles. The van der Waals surface area contributed by atoms with Crippen LogP contribution in [0.25, 0.3) is 0 Å². The summed E-state index contributed by atoms with van der Waals surface area (Å²) in [6.45, 7) is 7.40. The minimum Gasteiger partial charge on any atom is -0.507 e. The third-order valence-corrected chi connectivity index (χ3v) is 3.38. The van der Waals surface area contributed by atoms with E-state index in [9.17, 15) is 9.90 Å². The maximum atomic E-state index is 12.2. The van der Waals surface area contributed by atoms with Gasteiger partial charge in [-0.3, -0.25) is 4.79 Å². The van der Waals surface area contributed by atoms with Gasteiger partial charge in [0.15, 0.2) is 0 Å². The summed E-state index contributed by atoms with van der Waals surface area (Å²) in [6, 6.07) is 6.86. The Morgan fingerprint density at radius 1 is 1.30 bits per heavy atom. The molecule has 1 amide bonds. The van der Waals surface area contributed by atoms with E-state index in [1.807, 2.05) is 26.8 Å². The van der Waals surface area contributed by atoms with Gasteiger partial charge in [-0.15, -0.1) is 0 Å². The van der Waals surface area contributed by atoms with Gasteiger partial charge < -0.3 is 14.8 Å². The number of aromatic hydroxyl groups is 1. The third kappa shape index (κ3) is 2.69. The maximum absolute atomic E-state index is 12.2. The molecule has 0 spiro atoms. The average molecular weight is 273 g/mol. The van der Waals surface area contributed by atoms with Crippen LogP contribution < -0.4 is 5.32 Å². The number of nitrogens with one attached hydrogen (secondary N) is 1. The van der Waals surface area contributed by atoms with Crippen molar-refractivity contribution in [1.82, 2.24) is 5.32 Å². The Kier molecular flexibility index (Phi) is 3.84. The van der Waals surface area contributed by atoms with E-state index in [4.69, 9.17) is 4.42 Å². The molecule has 0 saturated carbocycles. The number of carbonyl (C=O) groups excluding carboxylic acids is 1. The zero-order valence-corrected chi connectivity index (χ0v) is 12.2. The number of rotatable bonds is 3. The summed E-state index contributed by atoms with van der Waals surface area (Å²) in [5.41, 5.74) is 1.92. The van der Waals surface area contributed by atoms with E-state index in [2.05, 4.69) is 5.32 Å². The topological polar surface area (TPSA) is 62.5 Å². The van der Waals surface area contributed by atoms with E-state index in [0.717, 1.165) is 17.1 Å². The van der Waals surface area contributed by atoms with Gasteiger partial charge >= 0.3 is 0 Å². The highest BCUT2D eigenvalue weighted by Gasteiger charge is 2.18. The van der Waals surface area contributed by atoms with Crippen molar-refractivity contribution in [2.75, 3.05) is 0 Å². The molecule has 0 fully saturated rings. The second kappa shape index (κ2) is 5.41. The normalized spacial score (nSPS) is 12.2. The number of furan rings is 1. The van der Waals surface area contributed by atoms with Gasteiger partial charge in [-0.05, 0) is 45.4 Å².